The highest BCUT2D eigenvalue weighted by Crippen LogP contribution is 2.18. The van der Waals surface area contributed by atoms with Crippen molar-refractivity contribution in [3.05, 3.63) is 59.7 Å². The highest BCUT2D eigenvalue weighted by molar-refractivity contribution is 6.04. The molecule has 0 saturated carbocycles. The lowest BCUT2D eigenvalue weighted by molar-refractivity contribution is 0.102. The van der Waals surface area contributed by atoms with Crippen LogP contribution in [0.4, 0.5) is 5.69 Å². The van der Waals surface area contributed by atoms with E-state index in [1.54, 1.807) is 12.1 Å². The van der Waals surface area contributed by atoms with Crippen molar-refractivity contribution in [2.45, 2.75) is 33.6 Å². The summed E-state index contributed by atoms with van der Waals surface area (Å²) >= 11 is 0. The Morgan fingerprint density at radius 1 is 1.09 bits per heavy atom. The summed E-state index contributed by atoms with van der Waals surface area (Å²) in [7, 11) is 0. The molecule has 2 aromatic rings. The third-order valence-electron chi connectivity index (χ3n) is 3.73. The minimum Gasteiger partial charge on any atom is -0.494 e. The largest absolute Gasteiger partial charge is 0.494 e. The first-order valence-electron chi connectivity index (χ1n) is 8.22. The van der Waals surface area contributed by atoms with Gasteiger partial charge in [-0.1, -0.05) is 39.0 Å². The van der Waals surface area contributed by atoms with Gasteiger partial charge in [-0.05, 0) is 54.7 Å². The van der Waals surface area contributed by atoms with Gasteiger partial charge in [0.05, 0.1) is 6.61 Å². The Morgan fingerprint density at radius 2 is 1.78 bits per heavy atom. The van der Waals surface area contributed by atoms with Crippen LogP contribution >= 0.6 is 0 Å². The van der Waals surface area contributed by atoms with Gasteiger partial charge in [-0.25, -0.2) is 0 Å². The maximum Gasteiger partial charge on any atom is 0.255 e. The highest BCUT2D eigenvalue weighted by atomic mass is 16.5. The summed E-state index contributed by atoms with van der Waals surface area (Å²) in [6.45, 7) is 7.12. The van der Waals surface area contributed by atoms with E-state index in [2.05, 4.69) is 26.1 Å². The predicted octanol–water partition coefficient (Wildman–Crippen LogP) is 4.93. The molecule has 2 aromatic carbocycles. The standard InChI is InChI=1S/C20H25NO2/c1-4-16-7-5-6-8-19(16)21-20(22)17-9-11-18(12-10-17)23-14-13-15(2)3/h5-12,15H,4,13-14H2,1-3H3,(H,21,22). The Labute approximate surface area is 138 Å². The molecule has 0 aliphatic heterocycles. The first-order chi connectivity index (χ1) is 11.1. The summed E-state index contributed by atoms with van der Waals surface area (Å²) in [6.07, 6.45) is 1.91. The van der Waals surface area contributed by atoms with Crippen LogP contribution in [0.25, 0.3) is 0 Å². The van der Waals surface area contributed by atoms with Crippen molar-refractivity contribution in [2.75, 3.05) is 11.9 Å². The van der Waals surface area contributed by atoms with Gasteiger partial charge in [0, 0.05) is 11.3 Å². The van der Waals surface area contributed by atoms with Crippen molar-refractivity contribution in [2.24, 2.45) is 5.92 Å². The normalized spacial score (nSPS) is 10.6. The molecule has 3 heteroatoms. The molecule has 0 unspecified atom stereocenters. The first kappa shape index (κ1) is 17.1. The SMILES string of the molecule is CCc1ccccc1NC(=O)c1ccc(OCCC(C)C)cc1. The molecule has 0 atom stereocenters. The third kappa shape index (κ3) is 5.13. The maximum atomic E-state index is 12.3. The fraction of sp³-hybridized carbons (Fsp3) is 0.350. The second kappa shape index (κ2) is 8.37. The van der Waals surface area contributed by atoms with E-state index < -0.39 is 0 Å². The van der Waals surface area contributed by atoms with Crippen LogP contribution in [0.3, 0.4) is 0 Å². The quantitative estimate of drug-likeness (QED) is 0.787. The van der Waals surface area contributed by atoms with E-state index in [0.717, 1.165) is 29.8 Å². The molecule has 0 heterocycles. The van der Waals surface area contributed by atoms with Crippen molar-refractivity contribution >= 4 is 11.6 Å². The van der Waals surface area contributed by atoms with Gasteiger partial charge >= 0.3 is 0 Å². The van der Waals surface area contributed by atoms with Crippen molar-refractivity contribution in [3.8, 4) is 5.75 Å². The molecule has 122 valence electrons. The van der Waals surface area contributed by atoms with Gasteiger partial charge < -0.3 is 10.1 Å². The number of ether oxygens (including phenoxy) is 1. The summed E-state index contributed by atoms with van der Waals surface area (Å²) in [4.78, 5) is 12.3. The molecule has 0 spiro atoms. The smallest absolute Gasteiger partial charge is 0.255 e. The number of anilines is 1. The van der Waals surface area contributed by atoms with Crippen molar-refractivity contribution < 1.29 is 9.53 Å². The first-order valence-corrected chi connectivity index (χ1v) is 8.22. The van der Waals surface area contributed by atoms with Crippen LogP contribution in [0.1, 0.15) is 43.1 Å². The molecule has 2 rings (SSSR count). The molecule has 0 aliphatic rings. The second-order valence-corrected chi connectivity index (χ2v) is 6.02. The molecule has 0 aromatic heterocycles. The van der Waals surface area contributed by atoms with E-state index in [0.29, 0.717) is 18.1 Å². The van der Waals surface area contributed by atoms with Gasteiger partial charge in [0.2, 0.25) is 0 Å². The summed E-state index contributed by atoms with van der Waals surface area (Å²) in [5.41, 5.74) is 2.64. The van der Waals surface area contributed by atoms with Gasteiger partial charge in [-0.2, -0.15) is 0 Å². The number of aryl methyl sites for hydroxylation is 1. The lowest BCUT2D eigenvalue weighted by atomic mass is 10.1. The van der Waals surface area contributed by atoms with E-state index in [1.165, 1.54) is 0 Å². The fourth-order valence-corrected chi connectivity index (χ4v) is 2.26. The number of carbonyl (C=O) groups excluding carboxylic acids is 1. The number of rotatable bonds is 7. The molecule has 1 amide bonds. The van der Waals surface area contributed by atoms with E-state index in [1.807, 2.05) is 36.4 Å². The molecule has 0 aliphatic carbocycles. The third-order valence-corrected chi connectivity index (χ3v) is 3.73. The molecular formula is C20H25NO2. The van der Waals surface area contributed by atoms with Gasteiger partial charge in [0.1, 0.15) is 5.75 Å². The Hall–Kier alpha value is -2.29. The Morgan fingerprint density at radius 3 is 2.43 bits per heavy atom. The van der Waals surface area contributed by atoms with Crippen molar-refractivity contribution in [1.82, 2.24) is 0 Å². The topological polar surface area (TPSA) is 38.3 Å². The van der Waals surface area contributed by atoms with Gasteiger partial charge in [0.25, 0.3) is 5.91 Å². The van der Waals surface area contributed by atoms with E-state index in [-0.39, 0.29) is 5.91 Å². The summed E-state index contributed by atoms with van der Waals surface area (Å²) in [6, 6.07) is 15.2. The number of carbonyl (C=O) groups is 1. The zero-order valence-corrected chi connectivity index (χ0v) is 14.1. The lowest BCUT2D eigenvalue weighted by Gasteiger charge is -2.11. The lowest BCUT2D eigenvalue weighted by Crippen LogP contribution is -2.13. The van der Waals surface area contributed by atoms with Crippen LogP contribution in [0.15, 0.2) is 48.5 Å². The van der Waals surface area contributed by atoms with Crippen LogP contribution in [-0.4, -0.2) is 12.5 Å². The average molecular weight is 311 g/mol. The number of nitrogens with one attached hydrogen (secondary N) is 1. The zero-order chi connectivity index (χ0) is 16.7. The molecule has 23 heavy (non-hydrogen) atoms. The second-order valence-electron chi connectivity index (χ2n) is 6.02. The monoisotopic (exact) mass is 311 g/mol. The van der Waals surface area contributed by atoms with Crippen LogP contribution in [-0.2, 0) is 6.42 Å². The number of hydrogen-bond acceptors (Lipinski definition) is 2. The maximum absolute atomic E-state index is 12.3. The number of hydrogen-bond donors (Lipinski definition) is 1. The van der Waals surface area contributed by atoms with Crippen LogP contribution in [0.2, 0.25) is 0 Å². The van der Waals surface area contributed by atoms with Gasteiger partial charge in [-0.15, -0.1) is 0 Å². The van der Waals surface area contributed by atoms with Crippen molar-refractivity contribution in [1.29, 1.82) is 0 Å². The number of para-hydroxylation sites is 1. The molecular weight excluding hydrogens is 286 g/mol. The van der Waals surface area contributed by atoms with Crippen molar-refractivity contribution in [3.63, 3.8) is 0 Å². The molecule has 1 N–H and O–H groups in total. The van der Waals surface area contributed by atoms with Crippen LogP contribution < -0.4 is 10.1 Å². The highest BCUT2D eigenvalue weighted by Gasteiger charge is 2.08. The minimum atomic E-state index is -0.0976. The zero-order valence-electron chi connectivity index (χ0n) is 14.1. The average Bonchev–Trinajstić information content (AvgIpc) is 2.55. The molecule has 3 nitrogen and oxygen atoms in total. The van der Waals surface area contributed by atoms with E-state index in [9.17, 15) is 4.79 Å². The van der Waals surface area contributed by atoms with Gasteiger partial charge in [-0.3, -0.25) is 4.79 Å². The fourth-order valence-electron chi connectivity index (χ4n) is 2.26. The Bertz CT molecular complexity index is 632. The van der Waals surface area contributed by atoms with E-state index >= 15 is 0 Å². The number of benzene rings is 2. The molecule has 0 fully saturated rings. The molecule has 0 radical (unpaired) electrons. The van der Waals surface area contributed by atoms with E-state index in [4.69, 9.17) is 4.74 Å². The van der Waals surface area contributed by atoms with Crippen LogP contribution in [0.5, 0.6) is 5.75 Å². The predicted molar refractivity (Wildman–Crippen MR) is 95.2 cm³/mol. The molecule has 0 bridgehead atoms. The van der Waals surface area contributed by atoms with Gasteiger partial charge in [0.15, 0.2) is 0 Å². The summed E-state index contributed by atoms with van der Waals surface area (Å²) in [5.74, 6) is 1.33. The Kier molecular flexibility index (Phi) is 6.21. The minimum absolute atomic E-state index is 0.0976. The number of amides is 1. The molecule has 0 saturated heterocycles. The Balaban J connectivity index is 1.97. The van der Waals surface area contributed by atoms with Crippen LogP contribution in [0, 0.1) is 5.92 Å². The summed E-state index contributed by atoms with van der Waals surface area (Å²) < 4.78 is 5.67. The summed E-state index contributed by atoms with van der Waals surface area (Å²) in [5, 5.41) is 2.98.